The molecular formula is C22H22INO5. The number of unbranched alkanes of at least 4 members (excludes halogenated alkanes) is 1. The Labute approximate surface area is 183 Å². The number of carbonyl (C=O) groups excluding carboxylic acids is 1. The number of rotatable bonds is 8. The molecule has 7 heteroatoms. The first kappa shape index (κ1) is 21.2. The maximum atomic E-state index is 12.3. The van der Waals surface area contributed by atoms with Gasteiger partial charge in [0, 0.05) is 5.56 Å². The number of carbonyl (C=O) groups is 1. The van der Waals surface area contributed by atoms with E-state index in [4.69, 9.17) is 18.9 Å². The molecule has 3 rings (SSSR count). The van der Waals surface area contributed by atoms with Crippen molar-refractivity contribution in [1.29, 1.82) is 0 Å². The monoisotopic (exact) mass is 507 g/mol. The summed E-state index contributed by atoms with van der Waals surface area (Å²) < 4.78 is 22.7. The topological polar surface area (TPSA) is 66.3 Å². The molecule has 1 heterocycles. The van der Waals surface area contributed by atoms with E-state index in [0.717, 1.165) is 27.7 Å². The zero-order valence-electron chi connectivity index (χ0n) is 16.5. The quantitative estimate of drug-likeness (QED) is 0.222. The maximum absolute atomic E-state index is 12.3. The van der Waals surface area contributed by atoms with Gasteiger partial charge in [-0.05, 0) is 77.0 Å². The third-order valence-electron chi connectivity index (χ3n) is 4.26. The first-order chi connectivity index (χ1) is 14.0. The fourth-order valence-corrected chi connectivity index (χ4v) is 3.49. The number of hydrogen-bond donors (Lipinski definition) is 0. The van der Waals surface area contributed by atoms with Gasteiger partial charge in [0.05, 0.1) is 24.4 Å². The molecule has 152 valence electrons. The van der Waals surface area contributed by atoms with Crippen molar-refractivity contribution in [1.82, 2.24) is 0 Å². The highest BCUT2D eigenvalue weighted by Crippen LogP contribution is 2.35. The van der Waals surface area contributed by atoms with Crippen molar-refractivity contribution in [2.45, 2.75) is 19.8 Å². The third kappa shape index (κ3) is 5.09. The summed E-state index contributed by atoms with van der Waals surface area (Å²) in [7, 11) is 3.19. The van der Waals surface area contributed by atoms with Gasteiger partial charge in [0.2, 0.25) is 5.90 Å². The van der Waals surface area contributed by atoms with Crippen LogP contribution in [0, 0.1) is 3.57 Å². The first-order valence-electron chi connectivity index (χ1n) is 9.23. The number of hydrogen-bond acceptors (Lipinski definition) is 6. The molecule has 0 radical (unpaired) electrons. The normalized spacial score (nSPS) is 14.6. The number of aliphatic imine (C=N–C) groups is 1. The van der Waals surface area contributed by atoms with Gasteiger partial charge < -0.3 is 18.9 Å². The number of esters is 1. The first-order valence-corrected chi connectivity index (χ1v) is 10.3. The molecule has 0 atom stereocenters. The van der Waals surface area contributed by atoms with Gasteiger partial charge in [-0.25, -0.2) is 9.79 Å². The number of halogens is 1. The highest BCUT2D eigenvalue weighted by molar-refractivity contribution is 14.1. The van der Waals surface area contributed by atoms with Gasteiger partial charge >= 0.3 is 5.97 Å². The summed E-state index contributed by atoms with van der Waals surface area (Å²) in [6.45, 7) is 2.74. The molecule has 0 unspecified atom stereocenters. The lowest BCUT2D eigenvalue weighted by molar-refractivity contribution is -0.129. The minimum absolute atomic E-state index is 0.230. The molecule has 0 saturated heterocycles. The van der Waals surface area contributed by atoms with Crippen LogP contribution in [0.5, 0.6) is 17.2 Å². The second-order valence-electron chi connectivity index (χ2n) is 6.30. The van der Waals surface area contributed by atoms with E-state index in [-0.39, 0.29) is 11.6 Å². The molecule has 29 heavy (non-hydrogen) atoms. The average Bonchev–Trinajstić information content (AvgIpc) is 3.09. The second kappa shape index (κ2) is 9.78. The predicted octanol–water partition coefficient (Wildman–Crippen LogP) is 4.83. The Balaban J connectivity index is 1.87. The summed E-state index contributed by atoms with van der Waals surface area (Å²) in [5.41, 5.74) is 1.71. The lowest BCUT2D eigenvalue weighted by atomic mass is 10.1. The number of cyclic esters (lactones) is 1. The van der Waals surface area contributed by atoms with E-state index in [1.54, 1.807) is 44.6 Å². The second-order valence-corrected chi connectivity index (χ2v) is 7.46. The van der Waals surface area contributed by atoms with Gasteiger partial charge in [-0.3, -0.25) is 0 Å². The zero-order valence-corrected chi connectivity index (χ0v) is 18.7. The minimum atomic E-state index is -0.493. The predicted molar refractivity (Wildman–Crippen MR) is 120 cm³/mol. The summed E-state index contributed by atoms with van der Waals surface area (Å²) in [6.07, 6.45) is 3.71. The average molecular weight is 507 g/mol. The van der Waals surface area contributed by atoms with Crippen molar-refractivity contribution in [2.75, 3.05) is 20.8 Å². The van der Waals surface area contributed by atoms with E-state index in [2.05, 4.69) is 34.5 Å². The van der Waals surface area contributed by atoms with Crippen LogP contribution in [0.15, 0.2) is 47.1 Å². The molecule has 0 bridgehead atoms. The number of benzene rings is 2. The fourth-order valence-electron chi connectivity index (χ4n) is 2.71. The lowest BCUT2D eigenvalue weighted by Gasteiger charge is -2.13. The molecule has 0 fully saturated rings. The van der Waals surface area contributed by atoms with Gasteiger partial charge in [0.15, 0.2) is 17.2 Å². The van der Waals surface area contributed by atoms with Crippen LogP contribution < -0.4 is 14.2 Å². The smallest absolute Gasteiger partial charge is 0.363 e. The van der Waals surface area contributed by atoms with E-state index >= 15 is 0 Å². The Morgan fingerprint density at radius 1 is 1.14 bits per heavy atom. The van der Waals surface area contributed by atoms with E-state index in [1.807, 2.05) is 12.1 Å². The largest absolute Gasteiger partial charge is 0.497 e. The molecule has 1 aliphatic heterocycles. The zero-order chi connectivity index (χ0) is 20.8. The van der Waals surface area contributed by atoms with E-state index in [0.29, 0.717) is 23.7 Å². The summed E-state index contributed by atoms with van der Waals surface area (Å²) in [6, 6.07) is 10.9. The Kier molecular flexibility index (Phi) is 7.13. The van der Waals surface area contributed by atoms with Crippen LogP contribution in [-0.2, 0) is 9.53 Å². The van der Waals surface area contributed by atoms with E-state index < -0.39 is 5.97 Å². The molecule has 0 N–H and O–H groups in total. The highest BCUT2D eigenvalue weighted by Gasteiger charge is 2.24. The molecular weight excluding hydrogens is 485 g/mol. The van der Waals surface area contributed by atoms with Gasteiger partial charge in [-0.15, -0.1) is 0 Å². The van der Waals surface area contributed by atoms with Crippen molar-refractivity contribution >= 4 is 40.5 Å². The van der Waals surface area contributed by atoms with Gasteiger partial charge in [0.25, 0.3) is 0 Å². The molecule has 1 aliphatic rings. The lowest BCUT2D eigenvalue weighted by Crippen LogP contribution is -2.05. The van der Waals surface area contributed by atoms with Crippen LogP contribution in [0.4, 0.5) is 0 Å². The minimum Gasteiger partial charge on any atom is -0.497 e. The Morgan fingerprint density at radius 2 is 1.90 bits per heavy atom. The van der Waals surface area contributed by atoms with Crippen molar-refractivity contribution < 1.29 is 23.7 Å². The molecule has 0 aromatic heterocycles. The van der Waals surface area contributed by atoms with E-state index in [9.17, 15) is 4.79 Å². The number of ether oxygens (including phenoxy) is 4. The van der Waals surface area contributed by atoms with Crippen molar-refractivity contribution in [3.63, 3.8) is 0 Å². The SMILES string of the molecule is CCCCOc1c(I)cc(/C=C2\N=C(c3ccc(OC)cc3)OC2=O)cc1OC. The van der Waals surface area contributed by atoms with Crippen molar-refractivity contribution in [2.24, 2.45) is 4.99 Å². The molecule has 6 nitrogen and oxygen atoms in total. The summed E-state index contributed by atoms with van der Waals surface area (Å²) in [4.78, 5) is 16.6. The Bertz CT molecular complexity index is 950. The number of nitrogens with zero attached hydrogens (tertiary/aromatic N) is 1. The molecule has 0 amide bonds. The van der Waals surface area contributed by atoms with Crippen LogP contribution in [0.1, 0.15) is 30.9 Å². The van der Waals surface area contributed by atoms with Crippen LogP contribution in [0.25, 0.3) is 6.08 Å². The maximum Gasteiger partial charge on any atom is 0.363 e. The van der Waals surface area contributed by atoms with Gasteiger partial charge in [0.1, 0.15) is 5.75 Å². The Morgan fingerprint density at radius 3 is 2.55 bits per heavy atom. The molecule has 0 saturated carbocycles. The summed E-state index contributed by atoms with van der Waals surface area (Å²) in [5.74, 6) is 1.82. The molecule has 2 aromatic rings. The molecule has 0 aliphatic carbocycles. The van der Waals surface area contributed by atoms with Crippen LogP contribution in [0.2, 0.25) is 0 Å². The highest BCUT2D eigenvalue weighted by atomic mass is 127. The Hall–Kier alpha value is -2.55. The van der Waals surface area contributed by atoms with Gasteiger partial charge in [-0.1, -0.05) is 13.3 Å². The third-order valence-corrected chi connectivity index (χ3v) is 5.06. The van der Waals surface area contributed by atoms with Crippen LogP contribution in [0.3, 0.4) is 0 Å². The van der Waals surface area contributed by atoms with Crippen LogP contribution in [-0.4, -0.2) is 32.7 Å². The summed E-state index contributed by atoms with van der Waals surface area (Å²) in [5, 5.41) is 0. The van der Waals surface area contributed by atoms with Gasteiger partial charge in [-0.2, -0.15) is 0 Å². The van der Waals surface area contributed by atoms with E-state index in [1.165, 1.54) is 0 Å². The van der Waals surface area contributed by atoms with Crippen LogP contribution >= 0.6 is 22.6 Å². The fraction of sp³-hybridized carbons (Fsp3) is 0.273. The molecule has 0 spiro atoms. The van der Waals surface area contributed by atoms with Crippen molar-refractivity contribution in [3.8, 4) is 17.2 Å². The summed E-state index contributed by atoms with van der Waals surface area (Å²) >= 11 is 2.20. The molecule has 2 aromatic carbocycles. The van der Waals surface area contributed by atoms with Crippen molar-refractivity contribution in [3.05, 3.63) is 56.8 Å². The number of methoxy groups -OCH3 is 2. The standard InChI is InChI=1S/C22H22INO5/c1-4-5-10-28-20-17(23)11-14(13-19(20)27-3)12-18-22(25)29-21(24-18)15-6-8-16(26-2)9-7-15/h6-9,11-13H,4-5,10H2,1-3H3/b18-12-.